The van der Waals surface area contributed by atoms with Gasteiger partial charge in [-0.2, -0.15) is 4.99 Å². The number of sulfone groups is 1. The Morgan fingerprint density at radius 2 is 1.83 bits per heavy atom. The molecule has 1 aliphatic carbocycles. The normalized spacial score (nSPS) is 14.4. The van der Waals surface area contributed by atoms with Crippen molar-refractivity contribution >= 4 is 65.5 Å². The van der Waals surface area contributed by atoms with Crippen molar-refractivity contribution < 1.29 is 27.5 Å². The second kappa shape index (κ2) is 10.4. The summed E-state index contributed by atoms with van der Waals surface area (Å²) >= 11 is 2.55. The van der Waals surface area contributed by atoms with Crippen LogP contribution in [0.25, 0.3) is 10.2 Å². The van der Waals surface area contributed by atoms with Crippen LogP contribution in [0.2, 0.25) is 0 Å². The molecule has 0 saturated carbocycles. The zero-order valence-corrected chi connectivity index (χ0v) is 21.8. The Kier molecular flexibility index (Phi) is 7.53. The molecule has 0 bridgehead atoms. The molecule has 1 N–H and O–H groups in total. The highest BCUT2D eigenvalue weighted by atomic mass is 32.2. The molecular weight excluding hydrogens is 510 g/mol. The molecule has 0 fully saturated rings. The van der Waals surface area contributed by atoms with Gasteiger partial charge in [0, 0.05) is 11.9 Å². The van der Waals surface area contributed by atoms with Gasteiger partial charge in [0.25, 0.3) is 5.91 Å². The number of carbonyl (C=O) groups is 3. The lowest BCUT2D eigenvalue weighted by molar-refractivity contribution is -0.115. The topological polar surface area (TPSA) is 124 Å². The number of anilines is 1. The average molecular weight is 536 g/mol. The number of hydrogen-bond acceptors (Lipinski definition) is 8. The number of carbonyl (C=O) groups excluding carboxylic acids is 3. The van der Waals surface area contributed by atoms with E-state index in [1.807, 2.05) is 24.3 Å². The van der Waals surface area contributed by atoms with Crippen LogP contribution >= 0.6 is 22.7 Å². The third kappa shape index (κ3) is 5.71. The van der Waals surface area contributed by atoms with Gasteiger partial charge < -0.3 is 14.6 Å². The standard InChI is InChI=1S/C23H25N3O6S3/c1-26-15-9-6-7-11-17(15)34-23(26)25-19(28)13-35(30,31)12-18(27)24-21-20(22(29)32-2)14-8-4-3-5-10-16(14)33-21/h6-7,9,11H,3-5,8,10,12-13H2,1-2H3,(H,24,27). The molecular formula is C23H25N3O6S3. The minimum atomic E-state index is -4.08. The maximum atomic E-state index is 12.6. The highest BCUT2D eigenvalue weighted by Crippen LogP contribution is 2.38. The summed E-state index contributed by atoms with van der Waals surface area (Å²) in [5, 5.41) is 2.85. The lowest BCUT2D eigenvalue weighted by Crippen LogP contribution is -2.28. The number of thiazole rings is 1. The molecule has 2 heterocycles. The fraction of sp³-hybridized carbons (Fsp3) is 0.391. The van der Waals surface area contributed by atoms with E-state index < -0.39 is 39.1 Å². The van der Waals surface area contributed by atoms with E-state index in [1.165, 1.54) is 29.8 Å². The zero-order chi connectivity index (χ0) is 25.2. The lowest BCUT2D eigenvalue weighted by atomic mass is 10.1. The molecule has 1 aromatic carbocycles. The highest BCUT2D eigenvalue weighted by Gasteiger charge is 2.28. The molecule has 4 rings (SSSR count). The number of amides is 2. The summed E-state index contributed by atoms with van der Waals surface area (Å²) < 4.78 is 32.7. The summed E-state index contributed by atoms with van der Waals surface area (Å²) in [4.78, 5) is 42.7. The largest absolute Gasteiger partial charge is 0.465 e. The minimum Gasteiger partial charge on any atom is -0.465 e. The number of hydrogen-bond donors (Lipinski definition) is 1. The number of rotatable bonds is 6. The summed E-state index contributed by atoms with van der Waals surface area (Å²) in [5.74, 6) is -4.01. The van der Waals surface area contributed by atoms with Gasteiger partial charge in [-0.15, -0.1) is 11.3 Å². The number of fused-ring (bicyclic) bond motifs is 2. The fourth-order valence-corrected chi connectivity index (χ4v) is 7.42. The lowest BCUT2D eigenvalue weighted by Gasteiger charge is -2.07. The van der Waals surface area contributed by atoms with Gasteiger partial charge in [-0.25, -0.2) is 13.2 Å². The van der Waals surface area contributed by atoms with Crippen molar-refractivity contribution in [3.05, 3.63) is 45.1 Å². The van der Waals surface area contributed by atoms with Crippen LogP contribution in [0.3, 0.4) is 0 Å². The summed E-state index contributed by atoms with van der Waals surface area (Å²) in [7, 11) is -1.07. The maximum Gasteiger partial charge on any atom is 0.341 e. The quantitative estimate of drug-likeness (QED) is 0.382. The van der Waals surface area contributed by atoms with E-state index in [0.717, 1.165) is 46.3 Å². The monoisotopic (exact) mass is 535 g/mol. The van der Waals surface area contributed by atoms with Crippen LogP contribution < -0.4 is 10.1 Å². The molecule has 0 radical (unpaired) electrons. The number of aryl methyl sites for hydroxylation is 2. The third-order valence-electron chi connectivity index (χ3n) is 5.69. The van der Waals surface area contributed by atoms with Gasteiger partial charge in [-0.05, 0) is 43.4 Å². The number of para-hydroxylation sites is 1. The van der Waals surface area contributed by atoms with Crippen LogP contribution in [0.1, 0.15) is 40.1 Å². The van der Waals surface area contributed by atoms with Crippen molar-refractivity contribution in [3.8, 4) is 0 Å². The molecule has 0 unspecified atom stereocenters. The molecule has 9 nitrogen and oxygen atoms in total. The van der Waals surface area contributed by atoms with Crippen LogP contribution in [0.15, 0.2) is 29.3 Å². The van der Waals surface area contributed by atoms with Crippen LogP contribution in [-0.2, 0) is 44.1 Å². The van der Waals surface area contributed by atoms with Crippen LogP contribution in [0.5, 0.6) is 0 Å². The molecule has 3 aromatic rings. The Balaban J connectivity index is 1.48. The maximum absolute atomic E-state index is 12.6. The molecule has 2 amide bonds. The van der Waals surface area contributed by atoms with Gasteiger partial charge in [-0.1, -0.05) is 29.9 Å². The average Bonchev–Trinajstić information content (AvgIpc) is 3.18. The molecule has 0 saturated heterocycles. The van der Waals surface area contributed by atoms with Crippen LogP contribution in [-0.4, -0.2) is 49.4 Å². The number of methoxy groups -OCH3 is 1. The molecule has 0 atom stereocenters. The first kappa shape index (κ1) is 25.3. The van der Waals surface area contributed by atoms with E-state index in [0.29, 0.717) is 16.8 Å². The second-order valence-corrected chi connectivity index (χ2v) is 12.4. The second-order valence-electron chi connectivity index (χ2n) is 8.26. The smallest absolute Gasteiger partial charge is 0.341 e. The molecule has 0 spiro atoms. The van der Waals surface area contributed by atoms with Crippen molar-refractivity contribution in [1.82, 2.24) is 4.57 Å². The van der Waals surface area contributed by atoms with E-state index in [2.05, 4.69) is 10.3 Å². The van der Waals surface area contributed by atoms with Crippen molar-refractivity contribution in [2.24, 2.45) is 12.0 Å². The number of ether oxygens (including phenoxy) is 1. The Labute approximate surface area is 210 Å². The fourth-order valence-electron chi connectivity index (χ4n) is 4.08. The molecule has 2 aromatic heterocycles. The molecule has 12 heteroatoms. The number of nitrogens with zero attached hydrogens (tertiary/aromatic N) is 2. The number of thiophene rings is 1. The van der Waals surface area contributed by atoms with Gasteiger partial charge >= 0.3 is 5.97 Å². The van der Waals surface area contributed by atoms with Gasteiger partial charge in [0.15, 0.2) is 14.6 Å². The summed E-state index contributed by atoms with van der Waals surface area (Å²) in [5.41, 5.74) is 2.04. The summed E-state index contributed by atoms with van der Waals surface area (Å²) in [6.07, 6.45) is 4.47. The molecule has 1 aliphatic rings. The highest BCUT2D eigenvalue weighted by molar-refractivity contribution is 7.92. The zero-order valence-electron chi connectivity index (χ0n) is 19.3. The van der Waals surface area contributed by atoms with Gasteiger partial charge in [0.05, 0.1) is 22.9 Å². The number of esters is 1. The first-order chi connectivity index (χ1) is 16.7. The first-order valence-corrected chi connectivity index (χ1v) is 14.5. The van der Waals surface area contributed by atoms with E-state index >= 15 is 0 Å². The van der Waals surface area contributed by atoms with Crippen molar-refractivity contribution in [2.75, 3.05) is 23.9 Å². The summed E-state index contributed by atoms with van der Waals surface area (Å²) in [6, 6.07) is 7.49. The Morgan fingerprint density at radius 1 is 1.09 bits per heavy atom. The van der Waals surface area contributed by atoms with E-state index in [-0.39, 0.29) is 5.00 Å². The predicted molar refractivity (Wildman–Crippen MR) is 136 cm³/mol. The Morgan fingerprint density at radius 3 is 2.57 bits per heavy atom. The van der Waals surface area contributed by atoms with Crippen LogP contribution in [0, 0.1) is 0 Å². The Hall–Kier alpha value is -2.83. The van der Waals surface area contributed by atoms with Gasteiger partial charge in [0.2, 0.25) is 5.91 Å². The summed E-state index contributed by atoms with van der Waals surface area (Å²) in [6.45, 7) is 0. The number of benzene rings is 1. The van der Waals surface area contributed by atoms with Gasteiger partial charge in [0.1, 0.15) is 16.5 Å². The van der Waals surface area contributed by atoms with Gasteiger partial charge in [-0.3, -0.25) is 9.59 Å². The van der Waals surface area contributed by atoms with Crippen molar-refractivity contribution in [1.29, 1.82) is 0 Å². The van der Waals surface area contributed by atoms with E-state index in [1.54, 1.807) is 11.6 Å². The number of aromatic nitrogens is 1. The Bertz CT molecular complexity index is 1480. The van der Waals surface area contributed by atoms with Crippen molar-refractivity contribution in [2.45, 2.75) is 32.1 Å². The SMILES string of the molecule is COC(=O)c1c(NC(=O)CS(=O)(=O)CC(=O)N=c2sc3ccccc3n2C)sc2c1CCCCC2. The van der Waals surface area contributed by atoms with Crippen molar-refractivity contribution in [3.63, 3.8) is 0 Å². The number of nitrogens with one attached hydrogen (secondary N) is 1. The predicted octanol–water partition coefficient (Wildman–Crippen LogP) is 2.84. The third-order valence-corrected chi connectivity index (χ3v) is 9.40. The molecule has 186 valence electrons. The first-order valence-electron chi connectivity index (χ1n) is 11.0. The molecule has 35 heavy (non-hydrogen) atoms. The van der Waals surface area contributed by atoms with E-state index in [9.17, 15) is 22.8 Å². The molecule has 0 aliphatic heterocycles. The van der Waals surface area contributed by atoms with Crippen LogP contribution in [0.4, 0.5) is 5.00 Å². The van der Waals surface area contributed by atoms with E-state index in [4.69, 9.17) is 4.74 Å². The minimum absolute atomic E-state index is 0.289.